The lowest BCUT2D eigenvalue weighted by atomic mass is 9.82. The number of allylic oxidation sites excluding steroid dienone is 1. The smallest absolute Gasteiger partial charge is 0.469 e. The van der Waals surface area contributed by atoms with Crippen molar-refractivity contribution in [1.29, 1.82) is 0 Å². The van der Waals surface area contributed by atoms with Crippen LogP contribution in [-0.4, -0.2) is 38.2 Å². The third-order valence-electron chi connectivity index (χ3n) is 5.89. The van der Waals surface area contributed by atoms with Gasteiger partial charge in [0.25, 0.3) is 0 Å². The van der Waals surface area contributed by atoms with Crippen LogP contribution in [0.4, 0.5) is 23.2 Å². The molecule has 1 saturated carbocycles. The molecule has 3 rings (SSSR count). The van der Waals surface area contributed by atoms with E-state index in [1.807, 2.05) is 0 Å². The summed E-state index contributed by atoms with van der Waals surface area (Å²) in [5, 5.41) is 12.9. The van der Waals surface area contributed by atoms with Gasteiger partial charge < -0.3 is 19.9 Å². The number of carbonyl (C=O) groups is 1. The van der Waals surface area contributed by atoms with Crippen molar-refractivity contribution < 1.29 is 36.9 Å². The third-order valence-corrected chi connectivity index (χ3v) is 5.89. The molecule has 9 heteroatoms. The Kier molecular flexibility index (Phi) is 7.63. The van der Waals surface area contributed by atoms with E-state index in [1.165, 1.54) is 37.4 Å². The van der Waals surface area contributed by atoms with Gasteiger partial charge in [-0.25, -0.2) is 4.39 Å². The minimum absolute atomic E-state index is 0.0843. The highest BCUT2D eigenvalue weighted by Crippen LogP contribution is 2.47. The Balaban J connectivity index is 2.06. The van der Waals surface area contributed by atoms with Gasteiger partial charge in [0.1, 0.15) is 11.6 Å². The Morgan fingerprint density at radius 1 is 1.18 bits per heavy atom. The summed E-state index contributed by atoms with van der Waals surface area (Å²) in [6.45, 7) is -0.545. The molecule has 1 aliphatic carbocycles. The molecule has 0 aliphatic heterocycles. The van der Waals surface area contributed by atoms with Crippen molar-refractivity contribution in [2.45, 2.75) is 25.1 Å². The lowest BCUT2D eigenvalue weighted by Crippen LogP contribution is -2.22. The maximum atomic E-state index is 13.5. The van der Waals surface area contributed by atoms with E-state index in [-0.39, 0.29) is 23.0 Å². The lowest BCUT2D eigenvalue weighted by Gasteiger charge is -2.24. The number of benzene rings is 2. The van der Waals surface area contributed by atoms with E-state index in [9.17, 15) is 27.5 Å². The van der Waals surface area contributed by atoms with Crippen molar-refractivity contribution in [1.82, 2.24) is 0 Å². The minimum atomic E-state index is -4.91. The molecule has 2 aromatic rings. The van der Waals surface area contributed by atoms with Crippen LogP contribution in [0.5, 0.6) is 5.75 Å². The zero-order chi connectivity index (χ0) is 24.2. The second kappa shape index (κ2) is 10.2. The largest absolute Gasteiger partial charge is 0.573 e. The van der Waals surface area contributed by atoms with E-state index in [2.05, 4.69) is 10.1 Å². The van der Waals surface area contributed by atoms with E-state index in [4.69, 9.17) is 4.74 Å². The van der Waals surface area contributed by atoms with E-state index in [0.29, 0.717) is 24.1 Å². The van der Waals surface area contributed by atoms with Gasteiger partial charge in [0, 0.05) is 24.2 Å². The Bertz CT molecular complexity index is 1000. The highest BCUT2D eigenvalue weighted by atomic mass is 19.4. The molecule has 2 unspecified atom stereocenters. The standard InChI is InChI=1S/C24H25F4NO4/c1-29-18-8-10-21(33-24(26,27)28)20(12-18)16(13-30)11-15-5-9-19(23(31)32-2)22(15)14-3-6-17(25)7-4-14/h3-4,6-8,10-12,15,19,22,29-30H,5,9,13H2,1-2H3/b16-11+/t15?,19?,22-/m0/s1. The van der Waals surface area contributed by atoms with Crippen LogP contribution in [0.15, 0.2) is 48.5 Å². The normalized spacial score (nSPS) is 21.1. The number of aliphatic hydroxyl groups excluding tert-OH is 1. The highest BCUT2D eigenvalue weighted by molar-refractivity contribution is 5.76. The molecule has 0 saturated heterocycles. The molecule has 0 radical (unpaired) electrons. The molecule has 0 heterocycles. The van der Waals surface area contributed by atoms with Crippen LogP contribution in [-0.2, 0) is 9.53 Å². The minimum Gasteiger partial charge on any atom is -0.469 e. The summed E-state index contributed by atoms with van der Waals surface area (Å²) in [6.07, 6.45) is -2.21. The molecule has 3 atom stereocenters. The van der Waals surface area contributed by atoms with Gasteiger partial charge in [0.05, 0.1) is 19.6 Å². The Labute approximate surface area is 189 Å². The first kappa shape index (κ1) is 24.6. The summed E-state index contributed by atoms with van der Waals surface area (Å²) in [4.78, 5) is 12.4. The molecule has 0 amide bonds. The number of aliphatic hydroxyl groups is 1. The second-order valence-corrected chi connectivity index (χ2v) is 7.81. The van der Waals surface area contributed by atoms with Crippen LogP contribution in [0.3, 0.4) is 0 Å². The number of esters is 1. The van der Waals surface area contributed by atoms with Crippen molar-refractivity contribution >= 4 is 17.2 Å². The van der Waals surface area contributed by atoms with Gasteiger partial charge in [0.15, 0.2) is 0 Å². The van der Waals surface area contributed by atoms with E-state index < -0.39 is 36.4 Å². The van der Waals surface area contributed by atoms with Gasteiger partial charge in [0.2, 0.25) is 0 Å². The fourth-order valence-corrected chi connectivity index (χ4v) is 4.43. The lowest BCUT2D eigenvalue weighted by molar-refractivity contribution is -0.274. The van der Waals surface area contributed by atoms with Gasteiger partial charge >= 0.3 is 12.3 Å². The Hall–Kier alpha value is -3.07. The average molecular weight is 467 g/mol. The molecule has 0 spiro atoms. The number of hydrogen-bond donors (Lipinski definition) is 2. The second-order valence-electron chi connectivity index (χ2n) is 7.81. The van der Waals surface area contributed by atoms with Crippen LogP contribution in [0, 0.1) is 17.7 Å². The molecular formula is C24H25F4NO4. The van der Waals surface area contributed by atoms with Gasteiger partial charge in [-0.15, -0.1) is 13.2 Å². The number of alkyl halides is 3. The first-order chi connectivity index (χ1) is 15.7. The van der Waals surface area contributed by atoms with Crippen LogP contribution < -0.4 is 10.1 Å². The van der Waals surface area contributed by atoms with E-state index >= 15 is 0 Å². The van der Waals surface area contributed by atoms with Crippen molar-refractivity contribution in [2.24, 2.45) is 11.8 Å². The number of ether oxygens (including phenoxy) is 2. The SMILES string of the molecule is CNc1ccc(OC(F)(F)F)c(/C(=C/C2CCC(C(=O)OC)[C@H]2c2ccc(F)cc2)CO)c1. The molecule has 5 nitrogen and oxygen atoms in total. The number of anilines is 1. The van der Waals surface area contributed by atoms with Gasteiger partial charge in [-0.1, -0.05) is 18.2 Å². The Morgan fingerprint density at radius 2 is 1.88 bits per heavy atom. The average Bonchev–Trinajstić information content (AvgIpc) is 3.20. The predicted molar refractivity (Wildman–Crippen MR) is 115 cm³/mol. The maximum absolute atomic E-state index is 13.5. The number of rotatable bonds is 7. The number of methoxy groups -OCH3 is 1. The zero-order valence-electron chi connectivity index (χ0n) is 18.2. The summed E-state index contributed by atoms with van der Waals surface area (Å²) < 4.78 is 61.5. The molecular weight excluding hydrogens is 442 g/mol. The highest BCUT2D eigenvalue weighted by Gasteiger charge is 2.41. The number of nitrogens with one attached hydrogen (secondary N) is 1. The van der Waals surface area contributed by atoms with Crippen LogP contribution in [0.2, 0.25) is 0 Å². The van der Waals surface area contributed by atoms with Gasteiger partial charge in [-0.2, -0.15) is 0 Å². The fraction of sp³-hybridized carbons (Fsp3) is 0.375. The molecule has 33 heavy (non-hydrogen) atoms. The summed E-state index contributed by atoms with van der Waals surface area (Å²) in [7, 11) is 2.91. The monoisotopic (exact) mass is 467 g/mol. The Morgan fingerprint density at radius 3 is 2.45 bits per heavy atom. The summed E-state index contributed by atoms with van der Waals surface area (Å²) in [5.41, 5.74) is 1.56. The number of halogens is 4. The predicted octanol–water partition coefficient (Wildman–Crippen LogP) is 5.12. The van der Waals surface area contributed by atoms with Crippen molar-refractivity contribution in [3.63, 3.8) is 0 Å². The van der Waals surface area contributed by atoms with Crippen LogP contribution >= 0.6 is 0 Å². The maximum Gasteiger partial charge on any atom is 0.573 e. The molecule has 1 fully saturated rings. The fourth-order valence-electron chi connectivity index (χ4n) is 4.43. The number of hydrogen-bond acceptors (Lipinski definition) is 5. The van der Waals surface area contributed by atoms with E-state index in [1.54, 1.807) is 25.3 Å². The van der Waals surface area contributed by atoms with Gasteiger partial charge in [-0.3, -0.25) is 4.79 Å². The first-order valence-electron chi connectivity index (χ1n) is 10.4. The van der Waals surface area contributed by atoms with Crippen molar-refractivity contribution in [3.8, 4) is 5.75 Å². The molecule has 0 aromatic heterocycles. The quantitative estimate of drug-likeness (QED) is 0.437. The van der Waals surface area contributed by atoms with Crippen molar-refractivity contribution in [3.05, 3.63) is 65.5 Å². The molecule has 178 valence electrons. The molecule has 0 bridgehead atoms. The van der Waals surface area contributed by atoms with Crippen LogP contribution in [0.1, 0.15) is 29.9 Å². The third kappa shape index (κ3) is 5.84. The summed E-state index contributed by atoms with van der Waals surface area (Å²) in [6, 6.07) is 9.83. The van der Waals surface area contributed by atoms with Crippen molar-refractivity contribution in [2.75, 3.05) is 26.1 Å². The van der Waals surface area contributed by atoms with E-state index in [0.717, 1.165) is 0 Å². The summed E-state index contributed by atoms with van der Waals surface area (Å²) in [5.74, 6) is -2.48. The molecule has 2 N–H and O–H groups in total. The van der Waals surface area contributed by atoms with Gasteiger partial charge in [-0.05, 0) is 60.2 Å². The molecule has 1 aliphatic rings. The topological polar surface area (TPSA) is 67.8 Å². The zero-order valence-corrected chi connectivity index (χ0v) is 18.2. The first-order valence-corrected chi connectivity index (χ1v) is 10.4. The van der Waals surface area contributed by atoms with Crippen LogP contribution in [0.25, 0.3) is 5.57 Å². The summed E-state index contributed by atoms with van der Waals surface area (Å²) >= 11 is 0. The molecule has 2 aromatic carbocycles. The number of carbonyl (C=O) groups excluding carboxylic acids is 1.